The molecule has 132 valence electrons. The summed E-state index contributed by atoms with van der Waals surface area (Å²) in [7, 11) is 3.39. The fraction of sp³-hybridized carbons (Fsp3) is 0.400. The molecule has 0 aromatic carbocycles. The van der Waals surface area contributed by atoms with Gasteiger partial charge < -0.3 is 20.9 Å². The van der Waals surface area contributed by atoms with Crippen LogP contribution in [0.25, 0.3) is 0 Å². The van der Waals surface area contributed by atoms with Gasteiger partial charge in [-0.2, -0.15) is 0 Å². The third kappa shape index (κ3) is 3.25. The molecule has 0 saturated carbocycles. The summed E-state index contributed by atoms with van der Waals surface area (Å²) in [6.45, 7) is 5.30. The van der Waals surface area contributed by atoms with Gasteiger partial charge in [-0.25, -0.2) is 15.0 Å². The van der Waals surface area contributed by atoms with Crippen molar-refractivity contribution in [3.05, 3.63) is 16.4 Å². The number of carbonyl (C=O) groups is 2. The summed E-state index contributed by atoms with van der Waals surface area (Å²) in [5, 5.41) is 9.46. The fourth-order valence-corrected chi connectivity index (χ4v) is 3.33. The fourth-order valence-electron chi connectivity index (χ4n) is 2.34. The van der Waals surface area contributed by atoms with Crippen LogP contribution in [0.15, 0.2) is 0 Å². The lowest BCUT2D eigenvalue weighted by Gasteiger charge is -2.24. The Bertz CT molecular complexity index is 862. The van der Waals surface area contributed by atoms with Gasteiger partial charge >= 0.3 is 0 Å². The highest BCUT2D eigenvalue weighted by Crippen LogP contribution is 2.34. The van der Waals surface area contributed by atoms with Crippen molar-refractivity contribution < 1.29 is 9.59 Å². The molecule has 3 rings (SSSR count). The molecule has 2 amide bonds. The minimum atomic E-state index is -0.374. The average Bonchev–Trinajstić information content (AvgIpc) is 2.88. The summed E-state index contributed by atoms with van der Waals surface area (Å²) >= 11 is 1.24. The van der Waals surface area contributed by atoms with Crippen molar-refractivity contribution in [3.8, 4) is 0 Å². The predicted octanol–water partition coefficient (Wildman–Crippen LogP) is 1.75. The number of nitrogens with zero attached hydrogens (tertiary/aromatic N) is 4. The lowest BCUT2D eigenvalue weighted by atomic mass is 10.2. The van der Waals surface area contributed by atoms with Gasteiger partial charge in [0, 0.05) is 14.1 Å². The van der Waals surface area contributed by atoms with E-state index in [2.05, 4.69) is 30.9 Å². The van der Waals surface area contributed by atoms with E-state index in [1.54, 1.807) is 34.9 Å². The molecule has 0 saturated heterocycles. The number of hydrogen-bond donors (Lipinski definition) is 3. The van der Waals surface area contributed by atoms with Crippen LogP contribution in [0.3, 0.4) is 0 Å². The van der Waals surface area contributed by atoms with E-state index in [1.165, 1.54) is 16.2 Å². The second kappa shape index (κ2) is 6.28. The maximum atomic E-state index is 12.2. The van der Waals surface area contributed by atoms with E-state index in [4.69, 9.17) is 0 Å². The minimum absolute atomic E-state index is 0.104. The molecule has 1 unspecified atom stereocenters. The van der Waals surface area contributed by atoms with Crippen LogP contribution < -0.4 is 16.0 Å². The molecule has 10 heteroatoms. The van der Waals surface area contributed by atoms with Crippen molar-refractivity contribution >= 4 is 45.6 Å². The normalized spacial score (nSPS) is 15.9. The topological polar surface area (TPSA) is 112 Å². The first kappa shape index (κ1) is 17.1. The minimum Gasteiger partial charge on any atom is -0.357 e. The maximum absolute atomic E-state index is 12.2. The quantitative estimate of drug-likeness (QED) is 0.763. The third-order valence-electron chi connectivity index (χ3n) is 3.64. The Morgan fingerprint density at radius 2 is 1.96 bits per heavy atom. The highest BCUT2D eigenvalue weighted by atomic mass is 32.1. The summed E-state index contributed by atoms with van der Waals surface area (Å²) in [6.07, 6.45) is 0. The molecule has 9 nitrogen and oxygen atoms in total. The Labute approximate surface area is 148 Å². The Morgan fingerprint density at radius 1 is 1.24 bits per heavy atom. The molecule has 1 aliphatic rings. The zero-order chi connectivity index (χ0) is 18.3. The van der Waals surface area contributed by atoms with Gasteiger partial charge in [0.1, 0.15) is 22.4 Å². The summed E-state index contributed by atoms with van der Waals surface area (Å²) in [6, 6.07) is -0.374. The number of anilines is 4. The summed E-state index contributed by atoms with van der Waals surface area (Å²) < 4.78 is 0. The van der Waals surface area contributed by atoms with Crippen molar-refractivity contribution in [3.63, 3.8) is 0 Å². The second-order valence-corrected chi connectivity index (χ2v) is 6.96. The highest BCUT2D eigenvalue weighted by molar-refractivity contribution is 7.17. The molecule has 0 fully saturated rings. The van der Waals surface area contributed by atoms with Gasteiger partial charge in [0.25, 0.3) is 5.91 Å². The molecule has 3 N–H and O–H groups in total. The first-order valence-electron chi connectivity index (χ1n) is 7.68. The molecule has 1 aliphatic heterocycles. The molecule has 0 aliphatic carbocycles. The van der Waals surface area contributed by atoms with E-state index >= 15 is 0 Å². The number of nitrogens with one attached hydrogen (secondary N) is 3. The SMILES string of the molecule is Cc1nc(Nc2nc(C)c(C(=O)N(C)C)s2)c2c(n1)NC(C)C(=O)N2. The Hall–Kier alpha value is -2.75. The van der Waals surface area contributed by atoms with Gasteiger partial charge in [-0.3, -0.25) is 9.59 Å². The molecule has 1 atom stereocenters. The lowest BCUT2D eigenvalue weighted by molar-refractivity contribution is -0.116. The van der Waals surface area contributed by atoms with Crippen LogP contribution in [0.1, 0.15) is 28.1 Å². The number of carbonyl (C=O) groups excluding carboxylic acids is 2. The van der Waals surface area contributed by atoms with Gasteiger partial charge in [0.2, 0.25) is 5.91 Å². The number of rotatable bonds is 3. The predicted molar refractivity (Wildman–Crippen MR) is 96.6 cm³/mol. The number of hydrogen-bond acceptors (Lipinski definition) is 8. The van der Waals surface area contributed by atoms with Crippen molar-refractivity contribution in [2.45, 2.75) is 26.8 Å². The van der Waals surface area contributed by atoms with Crippen LogP contribution in [0.5, 0.6) is 0 Å². The lowest BCUT2D eigenvalue weighted by Crippen LogP contribution is -2.37. The first-order chi connectivity index (χ1) is 11.8. The standard InChI is InChI=1S/C15H19N7O2S/c1-6-10(14(24)22(4)5)25-15(17-6)21-12-9-11(18-8(3)19-12)16-7(2)13(23)20-9/h7H,1-5H3,(H,20,23)(H2,16,17,18,19,21). The summed E-state index contributed by atoms with van der Waals surface area (Å²) in [5.74, 6) is 1.28. The number of aryl methyl sites for hydroxylation is 2. The van der Waals surface area contributed by atoms with Gasteiger partial charge in [-0.15, -0.1) is 0 Å². The van der Waals surface area contributed by atoms with Crippen LogP contribution in [-0.2, 0) is 4.79 Å². The van der Waals surface area contributed by atoms with E-state index in [0.29, 0.717) is 38.9 Å². The van der Waals surface area contributed by atoms with E-state index in [9.17, 15) is 9.59 Å². The van der Waals surface area contributed by atoms with Gasteiger partial charge in [0.15, 0.2) is 16.8 Å². The number of aromatic nitrogens is 3. The monoisotopic (exact) mass is 361 g/mol. The van der Waals surface area contributed by atoms with Gasteiger partial charge in [0.05, 0.1) is 5.69 Å². The maximum Gasteiger partial charge on any atom is 0.265 e. The van der Waals surface area contributed by atoms with Crippen LogP contribution in [-0.4, -0.2) is 51.8 Å². The molecule has 2 aromatic rings. The molecule has 25 heavy (non-hydrogen) atoms. The van der Waals surface area contributed by atoms with Crippen molar-refractivity contribution in [2.24, 2.45) is 0 Å². The van der Waals surface area contributed by atoms with Crippen LogP contribution >= 0.6 is 11.3 Å². The molecule has 3 heterocycles. The third-order valence-corrected chi connectivity index (χ3v) is 4.70. The molecule has 0 radical (unpaired) electrons. The smallest absolute Gasteiger partial charge is 0.265 e. The summed E-state index contributed by atoms with van der Waals surface area (Å²) in [4.78, 5) is 39.2. The molecular weight excluding hydrogens is 342 g/mol. The van der Waals surface area contributed by atoms with Gasteiger partial charge in [-0.1, -0.05) is 11.3 Å². The molecule has 0 spiro atoms. The number of fused-ring (bicyclic) bond motifs is 1. The van der Waals surface area contributed by atoms with E-state index in [1.807, 2.05) is 0 Å². The van der Waals surface area contributed by atoms with Crippen molar-refractivity contribution in [2.75, 3.05) is 30.0 Å². The van der Waals surface area contributed by atoms with Crippen LogP contribution in [0.4, 0.5) is 22.5 Å². The Balaban J connectivity index is 1.96. The van der Waals surface area contributed by atoms with Crippen LogP contribution in [0, 0.1) is 13.8 Å². The molecular formula is C15H19N7O2S. The second-order valence-electron chi connectivity index (χ2n) is 5.96. The summed E-state index contributed by atoms with van der Waals surface area (Å²) in [5.41, 5.74) is 1.11. The Morgan fingerprint density at radius 3 is 2.64 bits per heavy atom. The van der Waals surface area contributed by atoms with E-state index in [-0.39, 0.29) is 17.9 Å². The highest BCUT2D eigenvalue weighted by Gasteiger charge is 2.27. The zero-order valence-electron chi connectivity index (χ0n) is 14.6. The van der Waals surface area contributed by atoms with Crippen LogP contribution in [0.2, 0.25) is 0 Å². The molecule has 2 aromatic heterocycles. The average molecular weight is 361 g/mol. The van der Waals surface area contributed by atoms with Crippen molar-refractivity contribution in [1.82, 2.24) is 19.9 Å². The zero-order valence-corrected chi connectivity index (χ0v) is 15.4. The van der Waals surface area contributed by atoms with E-state index in [0.717, 1.165) is 0 Å². The first-order valence-corrected chi connectivity index (χ1v) is 8.50. The Kier molecular flexibility index (Phi) is 4.29. The number of amides is 2. The largest absolute Gasteiger partial charge is 0.357 e. The van der Waals surface area contributed by atoms with Gasteiger partial charge in [-0.05, 0) is 20.8 Å². The van der Waals surface area contributed by atoms with Crippen molar-refractivity contribution in [1.29, 1.82) is 0 Å². The molecule has 0 bridgehead atoms. The van der Waals surface area contributed by atoms with E-state index < -0.39 is 0 Å². The number of thiazole rings is 1.